The Morgan fingerprint density at radius 3 is 2.41 bits per heavy atom. The lowest BCUT2D eigenvalue weighted by Gasteiger charge is -2.13. The molecule has 1 N–H and O–H groups in total. The molecule has 0 amide bonds. The summed E-state index contributed by atoms with van der Waals surface area (Å²) in [5, 5.41) is 14.9. The van der Waals surface area contributed by atoms with Gasteiger partial charge in [-0.1, -0.05) is 16.8 Å². The van der Waals surface area contributed by atoms with E-state index in [-0.39, 0.29) is 18.0 Å². The second-order valence-corrected chi connectivity index (χ2v) is 9.01. The summed E-state index contributed by atoms with van der Waals surface area (Å²) in [6.45, 7) is 1.39. The maximum atomic E-state index is 13.0. The zero-order valence-electron chi connectivity index (χ0n) is 21.7. The Morgan fingerprint density at radius 1 is 1.05 bits per heavy atom. The van der Waals surface area contributed by atoms with Crippen molar-refractivity contribution in [1.29, 1.82) is 0 Å². The molecule has 0 aliphatic rings. The number of carbonyl (C=O) groups is 1. The van der Waals surface area contributed by atoms with E-state index in [1.54, 1.807) is 34.9 Å². The van der Waals surface area contributed by atoms with Crippen LogP contribution in [-0.2, 0) is 11.3 Å². The number of benzene rings is 3. The van der Waals surface area contributed by atoms with Crippen LogP contribution >= 0.6 is 11.6 Å². The molecule has 0 atom stereocenters. The predicted octanol–water partition coefficient (Wildman–Crippen LogP) is 7.08. The molecular formula is C29H22ClF3N2O6. The number of ether oxygens (including phenoxy) is 3. The minimum Gasteiger partial charge on any atom is -0.497 e. The number of nitrogens with zero attached hydrogens (tertiary/aromatic N) is 2. The van der Waals surface area contributed by atoms with E-state index < -0.39 is 18.9 Å². The maximum Gasteiger partial charge on any atom is 0.573 e. The summed E-state index contributed by atoms with van der Waals surface area (Å²) >= 11 is 6.45. The summed E-state index contributed by atoms with van der Waals surface area (Å²) in [4.78, 5) is 10.9. The third-order valence-electron chi connectivity index (χ3n) is 6.15. The Balaban J connectivity index is 0.00000189. The number of hydrogen-bond acceptors (Lipinski definition) is 6. The Hall–Kier alpha value is -4.82. The highest BCUT2D eigenvalue weighted by Crippen LogP contribution is 2.41. The fraction of sp³-hybridized carbons (Fsp3) is 0.172. The number of fused-ring (bicyclic) bond motifs is 2. The topological polar surface area (TPSA) is 96.0 Å². The number of alkyl halides is 3. The van der Waals surface area contributed by atoms with Gasteiger partial charge in [-0.15, -0.1) is 26.0 Å². The van der Waals surface area contributed by atoms with Gasteiger partial charge in [-0.3, -0.25) is 0 Å². The largest absolute Gasteiger partial charge is 0.573 e. The average molecular weight is 587 g/mol. The molecule has 12 heteroatoms. The van der Waals surface area contributed by atoms with E-state index in [1.807, 2.05) is 6.92 Å². The molecule has 0 bridgehead atoms. The average Bonchev–Trinajstić information content (AvgIpc) is 3.46. The van der Waals surface area contributed by atoms with Crippen molar-refractivity contribution in [2.75, 3.05) is 13.7 Å². The molecule has 0 aliphatic heterocycles. The van der Waals surface area contributed by atoms with Gasteiger partial charge in [-0.05, 0) is 55.0 Å². The third kappa shape index (κ3) is 6.18. The SMILES string of the molecule is C#C.COc1ccc2c(-c3c(C)n(Cc4cc(OCC(=O)O)ccc4Cl)c4cc(OC(F)(F)F)ccc34)noc2c1. The molecule has 8 nitrogen and oxygen atoms in total. The lowest BCUT2D eigenvalue weighted by atomic mass is 10.0. The third-order valence-corrected chi connectivity index (χ3v) is 6.52. The van der Waals surface area contributed by atoms with Crippen LogP contribution in [0.25, 0.3) is 33.1 Å². The fourth-order valence-electron chi connectivity index (χ4n) is 4.46. The van der Waals surface area contributed by atoms with Crippen LogP contribution in [0.4, 0.5) is 13.2 Å². The second kappa shape index (κ2) is 11.7. The lowest BCUT2D eigenvalue weighted by molar-refractivity contribution is -0.274. The van der Waals surface area contributed by atoms with Gasteiger partial charge in [0.2, 0.25) is 0 Å². The number of methoxy groups -OCH3 is 1. The molecule has 0 spiro atoms. The van der Waals surface area contributed by atoms with E-state index in [0.29, 0.717) is 55.2 Å². The minimum atomic E-state index is -4.87. The van der Waals surface area contributed by atoms with Crippen LogP contribution in [0.5, 0.6) is 17.2 Å². The van der Waals surface area contributed by atoms with Gasteiger partial charge in [0.1, 0.15) is 22.9 Å². The summed E-state index contributed by atoms with van der Waals surface area (Å²) < 4.78 is 61.1. The first-order valence-electron chi connectivity index (χ1n) is 11.8. The van der Waals surface area contributed by atoms with Crippen molar-refractivity contribution in [1.82, 2.24) is 9.72 Å². The fourth-order valence-corrected chi connectivity index (χ4v) is 4.64. The first-order chi connectivity index (χ1) is 19.5. The monoisotopic (exact) mass is 586 g/mol. The number of aliphatic carboxylic acids is 1. The van der Waals surface area contributed by atoms with Gasteiger partial charge in [-0.25, -0.2) is 4.79 Å². The molecule has 41 heavy (non-hydrogen) atoms. The van der Waals surface area contributed by atoms with Crippen molar-refractivity contribution in [2.24, 2.45) is 0 Å². The molecule has 2 aromatic heterocycles. The predicted molar refractivity (Wildman–Crippen MR) is 146 cm³/mol. The highest BCUT2D eigenvalue weighted by atomic mass is 35.5. The van der Waals surface area contributed by atoms with Gasteiger partial charge in [0.25, 0.3) is 0 Å². The lowest BCUT2D eigenvalue weighted by Crippen LogP contribution is -2.17. The van der Waals surface area contributed by atoms with Crippen molar-refractivity contribution in [3.8, 4) is 41.4 Å². The summed E-state index contributed by atoms with van der Waals surface area (Å²) in [6, 6.07) is 14.0. The smallest absolute Gasteiger partial charge is 0.497 e. The number of halogens is 4. The molecule has 0 radical (unpaired) electrons. The van der Waals surface area contributed by atoms with Gasteiger partial charge in [-0.2, -0.15) is 0 Å². The van der Waals surface area contributed by atoms with E-state index in [0.717, 1.165) is 0 Å². The Morgan fingerprint density at radius 2 is 1.73 bits per heavy atom. The number of hydrogen-bond donors (Lipinski definition) is 1. The van der Waals surface area contributed by atoms with Crippen LogP contribution in [-0.4, -0.2) is 40.9 Å². The molecule has 3 aromatic carbocycles. The second-order valence-electron chi connectivity index (χ2n) is 8.60. The standard InChI is InChI=1S/C27H20ClF3N2O6.C2H2/c1-14-25(26-20-7-3-16(36-2)11-23(20)39-32-26)19-6-4-18(38-27(29,30)31)10-22(19)33(14)12-15-9-17(5-8-21(15)28)37-13-24(34)35;1-2/h3-11H,12-13H2,1-2H3,(H,34,35);1-2H. The molecule has 5 aromatic rings. The molecule has 0 unspecified atom stereocenters. The van der Waals surface area contributed by atoms with Crippen LogP contribution in [0.2, 0.25) is 5.02 Å². The Bertz CT molecular complexity index is 1760. The van der Waals surface area contributed by atoms with Crippen LogP contribution in [0.3, 0.4) is 0 Å². The summed E-state index contributed by atoms with van der Waals surface area (Å²) in [5.41, 5.74) is 3.30. The molecule has 0 saturated carbocycles. The van der Waals surface area contributed by atoms with Gasteiger partial charge in [0.15, 0.2) is 12.2 Å². The molecular weight excluding hydrogens is 565 g/mol. The van der Waals surface area contributed by atoms with E-state index in [2.05, 4.69) is 22.7 Å². The van der Waals surface area contributed by atoms with Crippen LogP contribution in [0.1, 0.15) is 11.3 Å². The molecule has 212 valence electrons. The van der Waals surface area contributed by atoms with Gasteiger partial charge < -0.3 is 28.4 Å². The number of carboxylic acids is 1. The van der Waals surface area contributed by atoms with Crippen molar-refractivity contribution in [2.45, 2.75) is 19.8 Å². The van der Waals surface area contributed by atoms with Crippen molar-refractivity contribution in [3.05, 3.63) is 70.9 Å². The van der Waals surface area contributed by atoms with E-state index in [4.69, 9.17) is 30.7 Å². The molecule has 2 heterocycles. The van der Waals surface area contributed by atoms with Crippen molar-refractivity contribution in [3.63, 3.8) is 0 Å². The van der Waals surface area contributed by atoms with Crippen LogP contribution in [0, 0.1) is 19.8 Å². The quantitative estimate of drug-likeness (QED) is 0.194. The molecule has 0 aliphatic carbocycles. The Kier molecular flexibility index (Phi) is 8.35. The number of rotatable bonds is 8. The summed E-state index contributed by atoms with van der Waals surface area (Å²) in [5.74, 6) is -0.667. The summed E-state index contributed by atoms with van der Waals surface area (Å²) in [7, 11) is 1.53. The molecule has 0 saturated heterocycles. The highest BCUT2D eigenvalue weighted by Gasteiger charge is 2.32. The minimum absolute atomic E-state index is 0.129. The summed E-state index contributed by atoms with van der Waals surface area (Å²) in [6.07, 6.45) is 3.13. The van der Waals surface area contributed by atoms with Crippen LogP contribution < -0.4 is 14.2 Å². The number of terminal acetylenes is 1. The van der Waals surface area contributed by atoms with Crippen LogP contribution in [0.15, 0.2) is 59.1 Å². The first-order valence-corrected chi connectivity index (χ1v) is 12.2. The maximum absolute atomic E-state index is 13.0. The van der Waals surface area contributed by atoms with Gasteiger partial charge in [0.05, 0.1) is 18.0 Å². The van der Waals surface area contributed by atoms with Crippen molar-refractivity contribution < 1.29 is 41.8 Å². The zero-order valence-corrected chi connectivity index (χ0v) is 22.4. The normalized spacial score (nSPS) is 11.2. The van der Waals surface area contributed by atoms with Gasteiger partial charge in [0, 0.05) is 40.3 Å². The van der Waals surface area contributed by atoms with Crippen molar-refractivity contribution >= 4 is 39.4 Å². The number of aromatic nitrogens is 2. The Labute approximate surface area is 236 Å². The molecule has 5 rings (SSSR count). The van der Waals surface area contributed by atoms with E-state index >= 15 is 0 Å². The van der Waals surface area contributed by atoms with E-state index in [1.165, 1.54) is 31.4 Å². The highest BCUT2D eigenvalue weighted by molar-refractivity contribution is 6.31. The molecule has 0 fully saturated rings. The van der Waals surface area contributed by atoms with Gasteiger partial charge >= 0.3 is 12.3 Å². The number of carboxylic acid groups (broad SMARTS) is 1. The first kappa shape index (κ1) is 29.2. The zero-order chi connectivity index (χ0) is 29.9. The van der Waals surface area contributed by atoms with E-state index in [9.17, 15) is 18.0 Å².